The van der Waals surface area contributed by atoms with Crippen molar-refractivity contribution in [3.8, 4) is 16.9 Å². The van der Waals surface area contributed by atoms with Crippen molar-refractivity contribution in [2.24, 2.45) is 0 Å². The number of anilines is 2. The van der Waals surface area contributed by atoms with Crippen molar-refractivity contribution in [3.05, 3.63) is 59.7 Å². The van der Waals surface area contributed by atoms with Gasteiger partial charge in [-0.2, -0.15) is 0 Å². The van der Waals surface area contributed by atoms with Gasteiger partial charge in [-0.15, -0.1) is 11.3 Å². The third-order valence-corrected chi connectivity index (χ3v) is 7.43. The van der Waals surface area contributed by atoms with Crippen LogP contribution in [0.4, 0.5) is 11.5 Å². The number of hydrogen-bond acceptors (Lipinski definition) is 7. The zero-order valence-electron chi connectivity index (χ0n) is 15.9. The van der Waals surface area contributed by atoms with Gasteiger partial charge in [-0.25, -0.2) is 18.4 Å². The van der Waals surface area contributed by atoms with Gasteiger partial charge >= 0.3 is 0 Å². The van der Waals surface area contributed by atoms with Gasteiger partial charge < -0.3 is 10.4 Å². The molecule has 0 aliphatic heterocycles. The molecule has 0 spiro atoms. The number of benzene rings is 2. The van der Waals surface area contributed by atoms with E-state index in [2.05, 4.69) is 15.3 Å². The van der Waals surface area contributed by atoms with Crippen LogP contribution in [-0.2, 0) is 9.84 Å². The Morgan fingerprint density at radius 1 is 1.10 bits per heavy atom. The summed E-state index contributed by atoms with van der Waals surface area (Å²) in [5, 5.41) is 14.3. The minimum atomic E-state index is -3.40. The Labute approximate surface area is 172 Å². The molecule has 0 aliphatic rings. The fraction of sp³-hybridized carbons (Fsp3) is 0.143. The molecule has 0 saturated carbocycles. The summed E-state index contributed by atoms with van der Waals surface area (Å²) in [5.41, 5.74) is 2.34. The minimum absolute atomic E-state index is 0.0170. The van der Waals surface area contributed by atoms with Gasteiger partial charge in [0.05, 0.1) is 21.7 Å². The van der Waals surface area contributed by atoms with E-state index in [1.807, 2.05) is 37.3 Å². The topological polar surface area (TPSA) is 92.2 Å². The number of nitrogens with zero attached hydrogens (tertiary/aromatic N) is 2. The highest BCUT2D eigenvalue weighted by Gasteiger charge is 2.19. The van der Waals surface area contributed by atoms with Gasteiger partial charge in [-0.3, -0.25) is 0 Å². The van der Waals surface area contributed by atoms with Gasteiger partial charge in [-0.05, 0) is 30.7 Å². The molecule has 0 radical (unpaired) electrons. The van der Waals surface area contributed by atoms with E-state index in [1.54, 1.807) is 18.3 Å². The molecule has 2 aromatic carbocycles. The first-order valence-electron chi connectivity index (χ1n) is 9.03. The highest BCUT2D eigenvalue weighted by atomic mass is 32.2. The Morgan fingerprint density at radius 3 is 2.59 bits per heavy atom. The molecule has 0 bridgehead atoms. The number of thiophene rings is 1. The van der Waals surface area contributed by atoms with E-state index in [4.69, 9.17) is 0 Å². The minimum Gasteiger partial charge on any atom is -0.506 e. The Morgan fingerprint density at radius 2 is 1.86 bits per heavy atom. The summed E-state index contributed by atoms with van der Waals surface area (Å²) in [5.74, 6) is 0.441. The van der Waals surface area contributed by atoms with Crippen LogP contribution in [0.2, 0.25) is 0 Å². The van der Waals surface area contributed by atoms with Crippen LogP contribution in [0.5, 0.6) is 5.75 Å². The third-order valence-electron chi connectivity index (χ3n) is 4.69. The molecule has 148 valence electrons. The number of phenolic OH excluding ortho intramolecular Hbond substituents is 1. The number of fused-ring (bicyclic) bond motifs is 1. The van der Waals surface area contributed by atoms with E-state index < -0.39 is 9.84 Å². The molecule has 0 saturated heterocycles. The molecule has 4 aromatic rings. The summed E-state index contributed by atoms with van der Waals surface area (Å²) in [4.78, 5) is 10.8. The molecular formula is C21H19N3O3S2. The van der Waals surface area contributed by atoms with Crippen molar-refractivity contribution in [3.63, 3.8) is 0 Å². The standard InChI is InChI=1S/C21H19N3O3S2/c1-3-29(26,27)15-9-10-17(25)16(11-15)24-20-19-18(14-7-5-4-6-8-14)13(2)28-21(19)23-12-22-20/h4-12,25H,3H2,1-2H3,(H,22,23,24). The Bertz CT molecular complexity index is 1300. The zero-order chi connectivity index (χ0) is 20.6. The quantitative estimate of drug-likeness (QED) is 0.442. The molecule has 0 amide bonds. The van der Waals surface area contributed by atoms with Crippen molar-refractivity contribution in [2.75, 3.05) is 11.1 Å². The average Bonchev–Trinajstić information content (AvgIpc) is 3.07. The maximum atomic E-state index is 12.2. The fourth-order valence-electron chi connectivity index (χ4n) is 3.19. The molecule has 0 fully saturated rings. The van der Waals surface area contributed by atoms with E-state index in [0.717, 1.165) is 26.2 Å². The molecule has 0 atom stereocenters. The van der Waals surface area contributed by atoms with Gasteiger partial charge in [0.25, 0.3) is 0 Å². The number of aromatic nitrogens is 2. The summed E-state index contributed by atoms with van der Waals surface area (Å²) in [6, 6.07) is 14.2. The number of hydrogen-bond donors (Lipinski definition) is 2. The first-order valence-corrected chi connectivity index (χ1v) is 11.5. The predicted octanol–water partition coefficient (Wildman–Crippen LogP) is 4.91. The lowest BCUT2D eigenvalue weighted by Gasteiger charge is -2.12. The SMILES string of the molecule is CCS(=O)(=O)c1ccc(O)c(Nc2ncnc3sc(C)c(-c4ccccc4)c23)c1. The average molecular weight is 426 g/mol. The van der Waals surface area contributed by atoms with E-state index >= 15 is 0 Å². The van der Waals surface area contributed by atoms with Crippen molar-refractivity contribution >= 4 is 42.9 Å². The summed E-state index contributed by atoms with van der Waals surface area (Å²) >= 11 is 1.56. The molecule has 0 unspecified atom stereocenters. The van der Waals surface area contributed by atoms with E-state index in [1.165, 1.54) is 24.5 Å². The van der Waals surface area contributed by atoms with Crippen molar-refractivity contribution in [1.82, 2.24) is 9.97 Å². The number of sulfone groups is 1. The van der Waals surface area contributed by atoms with Crippen LogP contribution in [0.1, 0.15) is 11.8 Å². The second kappa shape index (κ2) is 7.46. The molecule has 0 aliphatic carbocycles. The van der Waals surface area contributed by atoms with Gasteiger partial charge in [0.15, 0.2) is 9.84 Å². The van der Waals surface area contributed by atoms with Crippen LogP contribution < -0.4 is 5.32 Å². The maximum absolute atomic E-state index is 12.2. The molecule has 2 heterocycles. The molecule has 2 aromatic heterocycles. The molecule has 2 N–H and O–H groups in total. The number of nitrogens with one attached hydrogen (secondary N) is 1. The first-order chi connectivity index (χ1) is 13.9. The zero-order valence-corrected chi connectivity index (χ0v) is 17.5. The van der Waals surface area contributed by atoms with E-state index in [9.17, 15) is 13.5 Å². The van der Waals surface area contributed by atoms with Crippen molar-refractivity contribution in [2.45, 2.75) is 18.7 Å². The number of aromatic hydroxyl groups is 1. The van der Waals surface area contributed by atoms with Crippen LogP contribution in [0.25, 0.3) is 21.3 Å². The molecule has 29 heavy (non-hydrogen) atoms. The van der Waals surface area contributed by atoms with Crippen LogP contribution in [-0.4, -0.2) is 29.2 Å². The molecule has 4 rings (SSSR count). The number of rotatable bonds is 5. The largest absolute Gasteiger partial charge is 0.506 e. The second-order valence-corrected chi connectivity index (χ2v) is 9.99. The molecule has 8 heteroatoms. The van der Waals surface area contributed by atoms with Gasteiger partial charge in [0.1, 0.15) is 22.7 Å². The highest BCUT2D eigenvalue weighted by Crippen LogP contribution is 2.41. The number of phenols is 1. The summed E-state index contributed by atoms with van der Waals surface area (Å²) in [7, 11) is -3.40. The number of aryl methyl sites for hydroxylation is 1. The Hall–Kier alpha value is -2.97. The van der Waals surface area contributed by atoms with Gasteiger partial charge in [-0.1, -0.05) is 37.3 Å². The van der Waals surface area contributed by atoms with Crippen molar-refractivity contribution in [1.29, 1.82) is 0 Å². The second-order valence-electron chi connectivity index (χ2n) is 6.51. The highest BCUT2D eigenvalue weighted by molar-refractivity contribution is 7.91. The lowest BCUT2D eigenvalue weighted by atomic mass is 10.0. The Balaban J connectivity index is 1.88. The smallest absolute Gasteiger partial charge is 0.178 e. The van der Waals surface area contributed by atoms with Crippen molar-refractivity contribution < 1.29 is 13.5 Å². The Kier molecular flexibility index (Phi) is 4.97. The van der Waals surface area contributed by atoms with Gasteiger partial charge in [0, 0.05) is 10.4 Å². The normalized spacial score (nSPS) is 11.7. The summed E-state index contributed by atoms with van der Waals surface area (Å²) in [6.07, 6.45) is 1.46. The van der Waals surface area contributed by atoms with E-state index in [-0.39, 0.29) is 22.1 Å². The summed E-state index contributed by atoms with van der Waals surface area (Å²) in [6.45, 7) is 3.62. The van der Waals surface area contributed by atoms with Gasteiger partial charge in [0.2, 0.25) is 0 Å². The van der Waals surface area contributed by atoms with Crippen LogP contribution in [0, 0.1) is 6.92 Å². The van der Waals surface area contributed by atoms with Crippen LogP contribution in [0.3, 0.4) is 0 Å². The third kappa shape index (κ3) is 3.56. The summed E-state index contributed by atoms with van der Waals surface area (Å²) < 4.78 is 24.5. The lowest BCUT2D eigenvalue weighted by molar-refractivity contribution is 0.477. The monoisotopic (exact) mass is 425 g/mol. The van der Waals surface area contributed by atoms with Crippen LogP contribution >= 0.6 is 11.3 Å². The fourth-order valence-corrected chi connectivity index (χ4v) is 5.11. The van der Waals surface area contributed by atoms with Crippen LogP contribution in [0.15, 0.2) is 59.8 Å². The first kappa shape index (κ1) is 19.4. The van der Waals surface area contributed by atoms with E-state index in [0.29, 0.717) is 5.82 Å². The molecule has 6 nitrogen and oxygen atoms in total. The molecular weight excluding hydrogens is 406 g/mol. The maximum Gasteiger partial charge on any atom is 0.178 e. The predicted molar refractivity (Wildman–Crippen MR) is 117 cm³/mol. The lowest BCUT2D eigenvalue weighted by Crippen LogP contribution is -2.04.